The first-order valence-electron chi connectivity index (χ1n) is 9.42. The van der Waals surface area contributed by atoms with E-state index in [-0.39, 0.29) is 32.7 Å². The van der Waals surface area contributed by atoms with Crippen molar-refractivity contribution in [3.63, 3.8) is 0 Å². The fourth-order valence-corrected chi connectivity index (χ4v) is 5.32. The topological polar surface area (TPSA) is 0 Å². The first-order valence-corrected chi connectivity index (χ1v) is 9.42. The Kier molecular flexibility index (Phi) is 7.74. The van der Waals surface area contributed by atoms with Gasteiger partial charge in [-0.2, -0.15) is 24.7 Å². The average molecular weight is 363 g/mol. The van der Waals surface area contributed by atoms with Gasteiger partial charge in [0.15, 0.2) is 0 Å². The van der Waals surface area contributed by atoms with E-state index in [1.807, 2.05) is 0 Å². The fourth-order valence-electron chi connectivity index (χ4n) is 5.32. The number of fused-ring (bicyclic) bond motifs is 3. The SMILES string of the molecule is C[C@@H]1C[CH-]C[C@@H]1C.[CH-]1C2CCCCC2C2CCCCC12.[Y]. The smallest absolute Gasteiger partial charge is 0 e. The summed E-state index contributed by atoms with van der Waals surface area (Å²) in [6.45, 7) is 4.66. The van der Waals surface area contributed by atoms with Gasteiger partial charge >= 0.3 is 0 Å². The summed E-state index contributed by atoms with van der Waals surface area (Å²) in [5.74, 6) is 6.25. The van der Waals surface area contributed by atoms with Gasteiger partial charge in [0.2, 0.25) is 0 Å². The van der Waals surface area contributed by atoms with Crippen LogP contribution in [0.3, 0.4) is 0 Å². The molecule has 0 aromatic carbocycles. The maximum Gasteiger partial charge on any atom is 0 e. The normalized spacial score (nSPS) is 44.9. The van der Waals surface area contributed by atoms with Crippen LogP contribution in [0.15, 0.2) is 0 Å². The van der Waals surface area contributed by atoms with Crippen LogP contribution in [0.1, 0.15) is 78.1 Å². The van der Waals surface area contributed by atoms with Crippen molar-refractivity contribution in [2.45, 2.75) is 78.1 Å². The molecule has 0 amide bonds. The molecule has 0 nitrogen and oxygen atoms in total. The monoisotopic (exact) mass is 363 g/mol. The third-order valence-corrected chi connectivity index (χ3v) is 6.84. The summed E-state index contributed by atoms with van der Waals surface area (Å²) in [5, 5.41) is 0. The molecule has 0 aliphatic heterocycles. The van der Waals surface area contributed by atoms with E-state index in [1.165, 1.54) is 51.4 Å². The van der Waals surface area contributed by atoms with Crippen molar-refractivity contribution in [1.82, 2.24) is 0 Å². The third-order valence-electron chi connectivity index (χ3n) is 6.84. The van der Waals surface area contributed by atoms with Crippen LogP contribution in [0.2, 0.25) is 0 Å². The van der Waals surface area contributed by atoms with E-state index in [0.29, 0.717) is 0 Å². The molecule has 4 aliphatic carbocycles. The van der Waals surface area contributed by atoms with Crippen molar-refractivity contribution in [2.24, 2.45) is 35.5 Å². The Labute approximate surface area is 158 Å². The Morgan fingerprint density at radius 2 is 1.10 bits per heavy atom. The maximum absolute atomic E-state index is 2.76. The van der Waals surface area contributed by atoms with E-state index in [1.54, 1.807) is 12.8 Å². The molecule has 4 fully saturated rings. The summed E-state index contributed by atoms with van der Waals surface area (Å²) < 4.78 is 0. The molecule has 0 spiro atoms. The van der Waals surface area contributed by atoms with Crippen molar-refractivity contribution in [3.8, 4) is 0 Å². The van der Waals surface area contributed by atoms with Gasteiger partial charge in [-0.3, -0.25) is 0 Å². The van der Waals surface area contributed by atoms with Crippen LogP contribution in [-0.2, 0) is 32.7 Å². The van der Waals surface area contributed by atoms with Crippen LogP contribution >= 0.6 is 0 Å². The molecule has 21 heavy (non-hydrogen) atoms. The maximum atomic E-state index is 2.76. The fraction of sp³-hybridized carbons (Fsp3) is 0.900. The second-order valence-corrected chi connectivity index (χ2v) is 8.13. The third kappa shape index (κ3) is 4.56. The van der Waals surface area contributed by atoms with E-state index in [0.717, 1.165) is 35.5 Å². The number of hydrogen-bond donors (Lipinski definition) is 0. The van der Waals surface area contributed by atoms with Crippen LogP contribution in [0.4, 0.5) is 0 Å². The summed E-state index contributed by atoms with van der Waals surface area (Å²) in [5.41, 5.74) is 0. The molecule has 0 heterocycles. The predicted molar refractivity (Wildman–Crippen MR) is 87.1 cm³/mol. The van der Waals surface area contributed by atoms with Gasteiger partial charge in [0, 0.05) is 32.7 Å². The van der Waals surface area contributed by atoms with E-state index >= 15 is 0 Å². The molecule has 0 aromatic heterocycles. The molecule has 4 unspecified atom stereocenters. The van der Waals surface area contributed by atoms with Crippen molar-refractivity contribution in [1.29, 1.82) is 0 Å². The minimum Gasteiger partial charge on any atom is -0.328 e. The predicted octanol–water partition coefficient (Wildman–Crippen LogP) is 6.07. The van der Waals surface area contributed by atoms with Crippen LogP contribution in [0, 0.1) is 48.3 Å². The summed E-state index contributed by atoms with van der Waals surface area (Å²) in [7, 11) is 0. The van der Waals surface area contributed by atoms with Gasteiger partial charge < -0.3 is 12.8 Å². The summed E-state index contributed by atoms with van der Waals surface area (Å²) in [4.78, 5) is 0. The van der Waals surface area contributed by atoms with Gasteiger partial charge in [-0.25, -0.2) is 0 Å². The Balaban J connectivity index is 0.000000174. The molecule has 119 valence electrons. The van der Waals surface area contributed by atoms with Gasteiger partial charge in [0.25, 0.3) is 0 Å². The molecular formula is C20H34Y-2. The molecule has 0 N–H and O–H groups in total. The molecule has 4 saturated carbocycles. The van der Waals surface area contributed by atoms with E-state index in [4.69, 9.17) is 0 Å². The minimum absolute atomic E-state index is 0. The second kappa shape index (κ2) is 8.82. The van der Waals surface area contributed by atoms with Crippen LogP contribution in [0.5, 0.6) is 0 Å². The van der Waals surface area contributed by atoms with Gasteiger partial charge in [-0.1, -0.05) is 88.9 Å². The zero-order chi connectivity index (χ0) is 13.9. The quantitative estimate of drug-likeness (QED) is 0.458. The van der Waals surface area contributed by atoms with E-state index in [9.17, 15) is 0 Å². The van der Waals surface area contributed by atoms with Crippen LogP contribution in [0.25, 0.3) is 0 Å². The van der Waals surface area contributed by atoms with Crippen molar-refractivity contribution in [3.05, 3.63) is 12.8 Å². The average Bonchev–Trinajstić information content (AvgIpc) is 3.03. The molecule has 4 aliphatic rings. The van der Waals surface area contributed by atoms with Crippen LogP contribution in [-0.4, -0.2) is 0 Å². The number of hydrogen-bond acceptors (Lipinski definition) is 0. The van der Waals surface area contributed by atoms with Gasteiger partial charge in [0.1, 0.15) is 0 Å². The first kappa shape index (κ1) is 18.4. The van der Waals surface area contributed by atoms with Gasteiger partial charge in [-0.05, 0) is 0 Å². The molecule has 0 bridgehead atoms. The van der Waals surface area contributed by atoms with Crippen LogP contribution < -0.4 is 0 Å². The number of rotatable bonds is 0. The Morgan fingerprint density at radius 3 is 1.48 bits per heavy atom. The van der Waals surface area contributed by atoms with E-state index in [2.05, 4.69) is 26.7 Å². The van der Waals surface area contributed by atoms with Crippen molar-refractivity contribution < 1.29 is 32.7 Å². The summed E-state index contributed by atoms with van der Waals surface area (Å²) in [6, 6.07) is 0. The van der Waals surface area contributed by atoms with Gasteiger partial charge in [0.05, 0.1) is 0 Å². The molecule has 4 rings (SSSR count). The Morgan fingerprint density at radius 1 is 0.667 bits per heavy atom. The summed E-state index contributed by atoms with van der Waals surface area (Å²) in [6.07, 6.45) is 20.1. The zero-order valence-corrected chi connectivity index (χ0v) is 17.1. The molecule has 6 atom stereocenters. The molecule has 1 radical (unpaired) electrons. The molecule has 1 heteroatoms. The Hall–Kier alpha value is 1.10. The molecule has 0 aromatic rings. The zero-order valence-electron chi connectivity index (χ0n) is 14.3. The molecule has 0 saturated heterocycles. The standard InChI is InChI=1S/C13H21.C7H13.Y/c1-3-7-12-10(5-1)9-11-6-2-4-8-13(11)12;1-6-4-3-5-7(6)2;/h9-13H,1-8H2;3,6-7H,4-5H2,1-2H3;/q2*-1;/t;6-,7+;. The van der Waals surface area contributed by atoms with Crippen molar-refractivity contribution in [2.75, 3.05) is 0 Å². The first-order chi connectivity index (χ1) is 9.75. The van der Waals surface area contributed by atoms with Gasteiger partial charge in [-0.15, -0.1) is 0 Å². The summed E-state index contributed by atoms with van der Waals surface area (Å²) >= 11 is 0. The minimum atomic E-state index is 0. The van der Waals surface area contributed by atoms with E-state index < -0.39 is 0 Å². The van der Waals surface area contributed by atoms with Crippen molar-refractivity contribution >= 4 is 0 Å². The second-order valence-electron chi connectivity index (χ2n) is 8.13. The largest absolute Gasteiger partial charge is 0.328 e. The Bertz CT molecular complexity index is 272. The molecular weight excluding hydrogens is 329 g/mol.